The van der Waals surface area contributed by atoms with Crippen molar-refractivity contribution in [2.24, 2.45) is 0 Å². The van der Waals surface area contributed by atoms with Gasteiger partial charge < -0.3 is 33.7 Å². The van der Waals surface area contributed by atoms with Crippen LogP contribution in [0, 0.1) is 0 Å². The van der Waals surface area contributed by atoms with Crippen LogP contribution in [0.4, 0.5) is 0 Å². The molecule has 1 saturated heterocycles. The molecule has 2 rings (SSSR count). The molecule has 0 spiro atoms. The fraction of sp³-hybridized carbons (Fsp3) is 0.645. The molecule has 44 heavy (non-hydrogen) atoms. The smallest absolute Gasteiger partial charge is 0.320 e. The Morgan fingerprint density at radius 3 is 2.07 bits per heavy atom. The van der Waals surface area contributed by atoms with Crippen molar-refractivity contribution in [3.05, 3.63) is 35.9 Å². The molecule has 13 heteroatoms. The fourth-order valence-corrected chi connectivity index (χ4v) is 4.78. The highest BCUT2D eigenvalue weighted by molar-refractivity contribution is 5.74. The zero-order valence-corrected chi connectivity index (χ0v) is 26.7. The standard InChI is InChI=1S/C31H46N2O11/c1-20(34)32-28-25(43-26(19-40-21(2)35)29(41-22(3)36)30(28)42-23(4)37)13-15-39-16-14-33(17-24-11-9-8-10-12-24)18-27(38)44-31(5,6)7/h8-12,25-26,28-30H,13-19H2,1-7H3,(H,32,34)/t25-,26-,28+,29+,30-/m1/s1. The first-order valence-electron chi connectivity index (χ1n) is 14.6. The molecule has 1 aliphatic heterocycles. The number of rotatable bonds is 15. The van der Waals surface area contributed by atoms with E-state index in [2.05, 4.69) is 5.32 Å². The van der Waals surface area contributed by atoms with Gasteiger partial charge in [0.25, 0.3) is 0 Å². The molecule has 1 amide bonds. The first kappa shape index (κ1) is 36.6. The Morgan fingerprint density at radius 1 is 0.864 bits per heavy atom. The van der Waals surface area contributed by atoms with Crippen LogP contribution in [0.3, 0.4) is 0 Å². The molecule has 0 radical (unpaired) electrons. The Labute approximate surface area is 258 Å². The van der Waals surface area contributed by atoms with Gasteiger partial charge in [0.05, 0.1) is 25.3 Å². The molecule has 246 valence electrons. The van der Waals surface area contributed by atoms with Crippen molar-refractivity contribution in [3.8, 4) is 0 Å². The van der Waals surface area contributed by atoms with Gasteiger partial charge in [0.2, 0.25) is 5.91 Å². The first-order valence-corrected chi connectivity index (χ1v) is 14.6. The third-order valence-electron chi connectivity index (χ3n) is 6.34. The summed E-state index contributed by atoms with van der Waals surface area (Å²) in [5, 5.41) is 2.75. The molecule has 1 aliphatic rings. The lowest BCUT2D eigenvalue weighted by molar-refractivity contribution is -0.225. The van der Waals surface area contributed by atoms with Gasteiger partial charge in [-0.15, -0.1) is 0 Å². The quantitative estimate of drug-likeness (QED) is 0.173. The summed E-state index contributed by atoms with van der Waals surface area (Å²) in [5.41, 5.74) is 0.421. The summed E-state index contributed by atoms with van der Waals surface area (Å²) >= 11 is 0. The molecule has 1 aromatic carbocycles. The van der Waals surface area contributed by atoms with E-state index in [9.17, 15) is 24.0 Å². The zero-order valence-electron chi connectivity index (χ0n) is 26.7. The van der Waals surface area contributed by atoms with Crippen molar-refractivity contribution in [2.45, 2.75) is 97.5 Å². The Morgan fingerprint density at radius 2 is 1.50 bits per heavy atom. The van der Waals surface area contributed by atoms with Gasteiger partial charge in [-0.25, -0.2) is 0 Å². The van der Waals surface area contributed by atoms with Crippen LogP contribution >= 0.6 is 0 Å². The zero-order chi connectivity index (χ0) is 32.9. The number of benzene rings is 1. The summed E-state index contributed by atoms with van der Waals surface area (Å²) in [6, 6.07) is 8.83. The Balaban J connectivity index is 2.12. The highest BCUT2D eigenvalue weighted by Gasteiger charge is 2.50. The van der Waals surface area contributed by atoms with E-state index in [1.165, 1.54) is 27.7 Å². The van der Waals surface area contributed by atoms with Crippen molar-refractivity contribution in [2.75, 3.05) is 32.9 Å². The lowest BCUT2D eigenvalue weighted by Crippen LogP contribution is -2.66. The van der Waals surface area contributed by atoms with E-state index in [0.29, 0.717) is 13.1 Å². The summed E-state index contributed by atoms with van der Waals surface area (Å²) in [7, 11) is 0. The average Bonchev–Trinajstić information content (AvgIpc) is 2.89. The molecular weight excluding hydrogens is 576 g/mol. The number of esters is 4. The second-order valence-electron chi connectivity index (χ2n) is 11.6. The maximum atomic E-state index is 12.6. The number of carbonyl (C=O) groups is 5. The molecule has 5 atom stereocenters. The second kappa shape index (κ2) is 17.7. The van der Waals surface area contributed by atoms with E-state index < -0.39 is 59.9 Å². The van der Waals surface area contributed by atoms with Gasteiger partial charge in [0.15, 0.2) is 12.2 Å². The van der Waals surface area contributed by atoms with Gasteiger partial charge in [0.1, 0.15) is 18.3 Å². The maximum Gasteiger partial charge on any atom is 0.320 e. The number of carbonyl (C=O) groups excluding carboxylic acids is 5. The molecule has 0 bridgehead atoms. The number of hydrogen-bond acceptors (Lipinski definition) is 12. The Bertz CT molecular complexity index is 1110. The van der Waals surface area contributed by atoms with Gasteiger partial charge >= 0.3 is 23.9 Å². The first-order chi connectivity index (χ1) is 20.6. The molecular formula is C31H46N2O11. The molecule has 0 unspecified atom stereocenters. The van der Waals surface area contributed by atoms with Crippen molar-refractivity contribution in [3.63, 3.8) is 0 Å². The van der Waals surface area contributed by atoms with Crippen LogP contribution in [0.1, 0.15) is 60.5 Å². The molecule has 0 aromatic heterocycles. The number of hydrogen-bond donors (Lipinski definition) is 1. The summed E-state index contributed by atoms with van der Waals surface area (Å²) in [5.74, 6) is -2.66. The predicted octanol–water partition coefficient (Wildman–Crippen LogP) is 1.94. The third-order valence-corrected chi connectivity index (χ3v) is 6.34. The minimum absolute atomic E-state index is 0.0747. The van der Waals surface area contributed by atoms with Gasteiger partial charge in [-0.2, -0.15) is 0 Å². The van der Waals surface area contributed by atoms with E-state index in [0.717, 1.165) is 5.56 Å². The number of nitrogens with zero attached hydrogens (tertiary/aromatic N) is 1. The van der Waals surface area contributed by atoms with Crippen LogP contribution in [-0.2, 0) is 58.9 Å². The van der Waals surface area contributed by atoms with Gasteiger partial charge in [0, 0.05) is 47.4 Å². The van der Waals surface area contributed by atoms with Gasteiger partial charge in [-0.1, -0.05) is 30.3 Å². The lowest BCUT2D eigenvalue weighted by Gasteiger charge is -2.45. The van der Waals surface area contributed by atoms with Crippen molar-refractivity contribution in [1.82, 2.24) is 10.2 Å². The summed E-state index contributed by atoms with van der Waals surface area (Å²) < 4.78 is 33.7. The normalized spacial score (nSPS) is 21.7. The molecule has 1 aromatic rings. The summed E-state index contributed by atoms with van der Waals surface area (Å²) in [4.78, 5) is 62.1. The number of nitrogens with one attached hydrogen (secondary N) is 1. The highest BCUT2D eigenvalue weighted by Crippen LogP contribution is 2.29. The third kappa shape index (κ3) is 13.8. The highest BCUT2D eigenvalue weighted by atomic mass is 16.6. The van der Waals surface area contributed by atoms with Crippen molar-refractivity contribution >= 4 is 29.8 Å². The Kier molecular flexibility index (Phi) is 14.7. The van der Waals surface area contributed by atoms with E-state index in [1.54, 1.807) is 0 Å². The largest absolute Gasteiger partial charge is 0.463 e. The van der Waals surface area contributed by atoms with Crippen LogP contribution in [0.5, 0.6) is 0 Å². The van der Waals surface area contributed by atoms with E-state index in [-0.39, 0.29) is 38.8 Å². The van der Waals surface area contributed by atoms with E-state index in [1.807, 2.05) is 56.0 Å². The van der Waals surface area contributed by atoms with Crippen molar-refractivity contribution < 1.29 is 52.4 Å². The van der Waals surface area contributed by atoms with Crippen LogP contribution in [0.2, 0.25) is 0 Å². The topological polar surface area (TPSA) is 156 Å². The van der Waals surface area contributed by atoms with Crippen molar-refractivity contribution in [1.29, 1.82) is 0 Å². The number of amides is 1. The maximum absolute atomic E-state index is 12.6. The molecule has 1 fully saturated rings. The molecule has 1 heterocycles. The van der Waals surface area contributed by atoms with Gasteiger partial charge in [-0.3, -0.25) is 28.9 Å². The second-order valence-corrected chi connectivity index (χ2v) is 11.6. The van der Waals surface area contributed by atoms with E-state index >= 15 is 0 Å². The monoisotopic (exact) mass is 622 g/mol. The van der Waals surface area contributed by atoms with Crippen LogP contribution < -0.4 is 5.32 Å². The van der Waals surface area contributed by atoms with E-state index in [4.69, 9.17) is 28.4 Å². The molecule has 0 saturated carbocycles. The summed E-state index contributed by atoms with van der Waals surface area (Å²) in [6.45, 7) is 11.5. The number of ether oxygens (including phenoxy) is 6. The minimum atomic E-state index is -1.15. The van der Waals surface area contributed by atoms with Crippen LogP contribution in [-0.4, -0.2) is 104 Å². The minimum Gasteiger partial charge on any atom is -0.463 e. The molecule has 0 aliphatic carbocycles. The van der Waals surface area contributed by atoms with Gasteiger partial charge in [-0.05, 0) is 32.8 Å². The van der Waals surface area contributed by atoms with Crippen LogP contribution in [0.25, 0.3) is 0 Å². The Hall–Kier alpha value is -3.55. The fourth-order valence-electron chi connectivity index (χ4n) is 4.78. The average molecular weight is 623 g/mol. The molecule has 1 N–H and O–H groups in total. The summed E-state index contributed by atoms with van der Waals surface area (Å²) in [6.07, 6.45) is -3.74. The lowest BCUT2D eigenvalue weighted by atomic mass is 9.90. The molecule has 13 nitrogen and oxygen atoms in total. The predicted molar refractivity (Wildman–Crippen MR) is 157 cm³/mol. The van der Waals surface area contributed by atoms with Crippen LogP contribution in [0.15, 0.2) is 30.3 Å². The SMILES string of the molecule is CC(=O)N[C@@H]1[C@@H](OC(C)=O)[C@@H](OC(C)=O)[C@@H](COC(C)=O)O[C@@H]1CCOCCN(CC(=O)OC(C)(C)C)Cc1ccccc1.